The molecule has 0 aromatic carbocycles. The first-order valence-corrected chi connectivity index (χ1v) is 6.29. The van der Waals surface area contributed by atoms with Gasteiger partial charge in [0.15, 0.2) is 0 Å². The first-order chi connectivity index (χ1) is 8.13. The molecule has 0 bridgehead atoms. The summed E-state index contributed by atoms with van der Waals surface area (Å²) in [4.78, 5) is 10.8. The number of nitrogens with one attached hydrogen (secondary N) is 1. The maximum absolute atomic E-state index is 8.67. The molecule has 2 aromatic rings. The fourth-order valence-electron chi connectivity index (χ4n) is 1.71. The normalized spacial score (nSPS) is 12.4. The zero-order chi connectivity index (χ0) is 12.4. The number of aromatic nitrogens is 2. The third kappa shape index (κ3) is 2.22. The Kier molecular flexibility index (Phi) is 3.25. The van der Waals surface area contributed by atoms with Crippen LogP contribution in [0.25, 0.3) is 10.2 Å². The molecule has 0 saturated heterocycles. The zero-order valence-electron chi connectivity index (χ0n) is 10.1. The first-order valence-electron chi connectivity index (χ1n) is 5.47. The Hall–Kier alpha value is -1.67. The number of nitriles is 1. The number of rotatable bonds is 3. The van der Waals surface area contributed by atoms with Crippen LogP contribution in [0.5, 0.6) is 0 Å². The highest BCUT2D eigenvalue weighted by molar-refractivity contribution is 7.18. The van der Waals surface area contributed by atoms with Gasteiger partial charge in [-0.1, -0.05) is 0 Å². The van der Waals surface area contributed by atoms with Gasteiger partial charge < -0.3 is 5.32 Å². The van der Waals surface area contributed by atoms with Crippen molar-refractivity contribution in [2.24, 2.45) is 0 Å². The molecule has 1 N–H and O–H groups in total. The van der Waals surface area contributed by atoms with E-state index in [2.05, 4.69) is 35.2 Å². The second kappa shape index (κ2) is 4.68. The minimum absolute atomic E-state index is 0.0951. The zero-order valence-corrected chi connectivity index (χ0v) is 10.9. The van der Waals surface area contributed by atoms with Crippen molar-refractivity contribution in [3.05, 3.63) is 16.8 Å². The lowest BCUT2D eigenvalue weighted by Crippen LogP contribution is -2.15. The molecule has 0 aliphatic heterocycles. The van der Waals surface area contributed by atoms with Crippen LogP contribution in [0.4, 0.5) is 5.82 Å². The Morgan fingerprint density at radius 3 is 2.94 bits per heavy atom. The standard InChI is InChI=1S/C12H14N4S/c1-7(4-5-13)16-11-10-8(2)9(3)17-12(10)15-6-14-11/h6-7H,4H2,1-3H3,(H,14,15,16)/t7-/m0/s1. The van der Waals surface area contributed by atoms with E-state index < -0.39 is 0 Å². The lowest BCUT2D eigenvalue weighted by atomic mass is 10.2. The van der Waals surface area contributed by atoms with E-state index in [0.29, 0.717) is 6.42 Å². The minimum atomic E-state index is 0.0951. The molecule has 5 heteroatoms. The molecule has 2 heterocycles. The maximum Gasteiger partial charge on any atom is 0.138 e. The van der Waals surface area contributed by atoms with E-state index >= 15 is 0 Å². The summed E-state index contributed by atoms with van der Waals surface area (Å²) in [5.41, 5.74) is 1.22. The van der Waals surface area contributed by atoms with E-state index in [9.17, 15) is 0 Å². The number of nitrogens with zero attached hydrogens (tertiary/aromatic N) is 3. The average Bonchev–Trinajstić information content (AvgIpc) is 2.56. The maximum atomic E-state index is 8.67. The summed E-state index contributed by atoms with van der Waals surface area (Å²) in [6, 6.07) is 2.25. The largest absolute Gasteiger partial charge is 0.366 e. The van der Waals surface area contributed by atoms with Crippen LogP contribution in [0.3, 0.4) is 0 Å². The summed E-state index contributed by atoms with van der Waals surface area (Å²) in [5, 5.41) is 13.0. The van der Waals surface area contributed by atoms with Crippen LogP contribution >= 0.6 is 11.3 Å². The van der Waals surface area contributed by atoms with Gasteiger partial charge in [0.25, 0.3) is 0 Å². The first kappa shape index (κ1) is 11.8. The van der Waals surface area contributed by atoms with E-state index in [-0.39, 0.29) is 6.04 Å². The van der Waals surface area contributed by atoms with Gasteiger partial charge in [-0.25, -0.2) is 9.97 Å². The number of anilines is 1. The van der Waals surface area contributed by atoms with Gasteiger partial charge in [0.2, 0.25) is 0 Å². The number of hydrogen-bond acceptors (Lipinski definition) is 5. The molecule has 0 saturated carbocycles. The molecule has 2 rings (SSSR count). The third-order valence-electron chi connectivity index (χ3n) is 2.75. The van der Waals surface area contributed by atoms with Crippen molar-refractivity contribution in [2.45, 2.75) is 33.2 Å². The van der Waals surface area contributed by atoms with Crippen LogP contribution in [-0.2, 0) is 0 Å². The third-order valence-corrected chi connectivity index (χ3v) is 3.86. The Balaban J connectivity index is 2.44. The SMILES string of the molecule is Cc1sc2ncnc(N[C@@H](C)CC#N)c2c1C. The number of fused-ring (bicyclic) bond motifs is 1. The number of aryl methyl sites for hydroxylation is 2. The molecule has 0 amide bonds. The lowest BCUT2D eigenvalue weighted by Gasteiger charge is -2.11. The van der Waals surface area contributed by atoms with Gasteiger partial charge in [-0.05, 0) is 26.3 Å². The summed E-state index contributed by atoms with van der Waals surface area (Å²) >= 11 is 1.68. The Morgan fingerprint density at radius 2 is 2.24 bits per heavy atom. The van der Waals surface area contributed by atoms with E-state index in [1.54, 1.807) is 17.7 Å². The summed E-state index contributed by atoms with van der Waals surface area (Å²) in [7, 11) is 0. The topological polar surface area (TPSA) is 61.6 Å². The minimum Gasteiger partial charge on any atom is -0.366 e. The van der Waals surface area contributed by atoms with Crippen LogP contribution < -0.4 is 5.32 Å². The smallest absolute Gasteiger partial charge is 0.138 e. The van der Waals surface area contributed by atoms with Crippen molar-refractivity contribution < 1.29 is 0 Å². The Morgan fingerprint density at radius 1 is 1.47 bits per heavy atom. The monoisotopic (exact) mass is 246 g/mol. The van der Waals surface area contributed by atoms with Crippen LogP contribution in [0.1, 0.15) is 23.8 Å². The van der Waals surface area contributed by atoms with Gasteiger partial charge in [0.1, 0.15) is 17.0 Å². The molecule has 4 nitrogen and oxygen atoms in total. The summed E-state index contributed by atoms with van der Waals surface area (Å²) < 4.78 is 0. The molecule has 88 valence electrons. The predicted octanol–water partition coefficient (Wildman–Crippen LogP) is 3.02. The van der Waals surface area contributed by atoms with E-state index in [4.69, 9.17) is 5.26 Å². The lowest BCUT2D eigenvalue weighted by molar-refractivity contribution is 0.815. The Bertz CT molecular complexity index is 582. The predicted molar refractivity (Wildman–Crippen MR) is 70.2 cm³/mol. The highest BCUT2D eigenvalue weighted by Gasteiger charge is 2.13. The molecular formula is C12H14N4S. The van der Waals surface area contributed by atoms with Crippen molar-refractivity contribution in [3.8, 4) is 6.07 Å². The van der Waals surface area contributed by atoms with Crippen molar-refractivity contribution in [1.82, 2.24) is 9.97 Å². The van der Waals surface area contributed by atoms with Gasteiger partial charge in [-0.15, -0.1) is 11.3 Å². The second-order valence-electron chi connectivity index (χ2n) is 4.09. The van der Waals surface area contributed by atoms with Crippen molar-refractivity contribution in [1.29, 1.82) is 5.26 Å². The van der Waals surface area contributed by atoms with Gasteiger partial charge >= 0.3 is 0 Å². The molecule has 0 aliphatic carbocycles. The average molecular weight is 246 g/mol. The molecule has 1 atom stereocenters. The van der Waals surface area contributed by atoms with Gasteiger partial charge in [0.05, 0.1) is 17.9 Å². The number of hydrogen-bond donors (Lipinski definition) is 1. The molecule has 2 aromatic heterocycles. The number of thiophene rings is 1. The van der Waals surface area contributed by atoms with Gasteiger partial charge in [0, 0.05) is 10.9 Å². The van der Waals surface area contributed by atoms with Gasteiger partial charge in [-0.2, -0.15) is 5.26 Å². The summed E-state index contributed by atoms with van der Waals surface area (Å²) in [6.07, 6.45) is 2.03. The van der Waals surface area contributed by atoms with Crippen LogP contribution in [-0.4, -0.2) is 16.0 Å². The Labute approximate surface area is 104 Å². The van der Waals surface area contributed by atoms with Crippen LogP contribution in [0.2, 0.25) is 0 Å². The fourth-order valence-corrected chi connectivity index (χ4v) is 2.71. The van der Waals surface area contributed by atoms with Crippen molar-refractivity contribution in [3.63, 3.8) is 0 Å². The van der Waals surface area contributed by atoms with Crippen LogP contribution in [0, 0.1) is 25.2 Å². The molecular weight excluding hydrogens is 232 g/mol. The van der Waals surface area contributed by atoms with Gasteiger partial charge in [-0.3, -0.25) is 0 Å². The van der Waals surface area contributed by atoms with E-state index in [0.717, 1.165) is 16.0 Å². The van der Waals surface area contributed by atoms with E-state index in [1.807, 2.05) is 6.92 Å². The summed E-state index contributed by atoms with van der Waals surface area (Å²) in [5.74, 6) is 0.833. The van der Waals surface area contributed by atoms with Crippen LogP contribution in [0.15, 0.2) is 6.33 Å². The molecule has 0 fully saturated rings. The fraction of sp³-hybridized carbons (Fsp3) is 0.417. The highest BCUT2D eigenvalue weighted by Crippen LogP contribution is 2.32. The molecule has 0 aliphatic rings. The van der Waals surface area contributed by atoms with E-state index in [1.165, 1.54) is 10.4 Å². The molecule has 0 spiro atoms. The quantitative estimate of drug-likeness (QED) is 0.904. The summed E-state index contributed by atoms with van der Waals surface area (Å²) in [6.45, 7) is 6.15. The van der Waals surface area contributed by atoms with Crippen molar-refractivity contribution >= 4 is 27.4 Å². The molecule has 17 heavy (non-hydrogen) atoms. The highest BCUT2D eigenvalue weighted by atomic mass is 32.1. The van der Waals surface area contributed by atoms with Crippen molar-refractivity contribution in [2.75, 3.05) is 5.32 Å². The second-order valence-corrected chi connectivity index (χ2v) is 5.30. The molecule has 0 unspecified atom stereocenters. The molecule has 0 radical (unpaired) electrons.